The van der Waals surface area contributed by atoms with Crippen molar-refractivity contribution in [1.82, 2.24) is 0 Å². The van der Waals surface area contributed by atoms with Gasteiger partial charge in [-0.1, -0.05) is 58.0 Å². The Labute approximate surface area is 206 Å². The Morgan fingerprint density at radius 1 is 0.806 bits per heavy atom. The molecule has 4 nitrogen and oxygen atoms in total. The molecule has 0 aliphatic rings. The van der Waals surface area contributed by atoms with Gasteiger partial charge in [-0.25, -0.2) is 0 Å². The summed E-state index contributed by atoms with van der Waals surface area (Å²) < 4.78 is 0. The van der Waals surface area contributed by atoms with Gasteiger partial charge >= 0.3 is 21.7 Å². The first-order valence-electron chi connectivity index (χ1n) is 10.4. The summed E-state index contributed by atoms with van der Waals surface area (Å²) in [7, 11) is 0. The van der Waals surface area contributed by atoms with E-state index in [-0.39, 0.29) is 27.5 Å². The van der Waals surface area contributed by atoms with E-state index in [1.54, 1.807) is 17.6 Å². The van der Waals surface area contributed by atoms with Crippen molar-refractivity contribution in [2.75, 3.05) is 26.2 Å². The SMILES string of the molecule is CC[N-]CC.CC[N-]CC.Oc1c(C=Nc2ccccc2)cccc1-c1cccs1.[Ti+2]. The minimum Gasteiger partial charge on any atom is -0.663 e. The van der Waals surface area contributed by atoms with E-state index in [9.17, 15) is 5.11 Å². The predicted octanol–water partition coefficient (Wildman–Crippen LogP) is 7.67. The van der Waals surface area contributed by atoms with E-state index >= 15 is 0 Å². The maximum absolute atomic E-state index is 10.4. The molecule has 3 rings (SSSR count). The number of aliphatic imine (C=N–C) groups is 1. The first-order valence-corrected chi connectivity index (χ1v) is 11.3. The second-order valence-corrected chi connectivity index (χ2v) is 6.97. The Morgan fingerprint density at radius 2 is 1.42 bits per heavy atom. The van der Waals surface area contributed by atoms with Gasteiger partial charge in [0.15, 0.2) is 0 Å². The van der Waals surface area contributed by atoms with E-state index in [0.29, 0.717) is 0 Å². The van der Waals surface area contributed by atoms with Gasteiger partial charge in [0.25, 0.3) is 0 Å². The average Bonchev–Trinajstić information content (AvgIpc) is 3.30. The number of aromatic hydroxyl groups is 1. The standard InChI is InChI=1S/C17H13NOS.2C4H10N.Ti/c19-17-13(12-18-14-7-2-1-3-8-14)6-4-9-15(17)16-10-5-11-20-16;2*1-3-5-4-2;/h1-12,19H;2*3-4H2,1-2H3;/q;2*-1;+2. The van der Waals surface area contributed by atoms with Crippen LogP contribution in [0.4, 0.5) is 5.69 Å². The van der Waals surface area contributed by atoms with Crippen molar-refractivity contribution in [3.8, 4) is 16.2 Å². The third-order valence-electron chi connectivity index (χ3n) is 3.86. The van der Waals surface area contributed by atoms with E-state index in [1.807, 2.05) is 93.7 Å². The second kappa shape index (κ2) is 19.0. The van der Waals surface area contributed by atoms with Crippen molar-refractivity contribution < 1.29 is 26.8 Å². The van der Waals surface area contributed by atoms with Crippen LogP contribution in [0.15, 0.2) is 71.0 Å². The molecule has 0 amide bonds. The molecule has 0 unspecified atom stereocenters. The van der Waals surface area contributed by atoms with Gasteiger partial charge in [0.1, 0.15) is 5.75 Å². The largest absolute Gasteiger partial charge is 2.00 e. The van der Waals surface area contributed by atoms with Gasteiger partial charge in [0, 0.05) is 22.2 Å². The number of para-hydroxylation sites is 2. The quantitative estimate of drug-likeness (QED) is 0.279. The van der Waals surface area contributed by atoms with Gasteiger partial charge in [-0.05, 0) is 35.7 Å². The van der Waals surface area contributed by atoms with Crippen LogP contribution in [0.25, 0.3) is 21.1 Å². The number of benzene rings is 2. The van der Waals surface area contributed by atoms with Crippen LogP contribution in [0.1, 0.15) is 33.3 Å². The second-order valence-electron chi connectivity index (χ2n) is 6.03. The molecule has 2 aromatic carbocycles. The van der Waals surface area contributed by atoms with Crippen LogP contribution in [-0.4, -0.2) is 37.5 Å². The summed E-state index contributed by atoms with van der Waals surface area (Å²) in [5.74, 6) is 0.273. The summed E-state index contributed by atoms with van der Waals surface area (Å²) in [5.41, 5.74) is 2.44. The summed E-state index contributed by atoms with van der Waals surface area (Å²) in [6, 6.07) is 19.4. The van der Waals surface area contributed by atoms with Crippen molar-refractivity contribution in [1.29, 1.82) is 0 Å². The molecule has 1 N–H and O–H groups in total. The molecule has 1 heterocycles. The predicted molar refractivity (Wildman–Crippen MR) is 134 cm³/mol. The van der Waals surface area contributed by atoms with Crippen molar-refractivity contribution >= 4 is 23.2 Å². The van der Waals surface area contributed by atoms with Crippen molar-refractivity contribution in [2.45, 2.75) is 27.7 Å². The molecular weight excluding hydrogens is 438 g/mol. The zero-order chi connectivity index (χ0) is 22.0. The topological polar surface area (TPSA) is 60.8 Å². The maximum atomic E-state index is 10.4. The first kappa shape index (κ1) is 29.2. The molecule has 0 saturated carbocycles. The fraction of sp³-hybridized carbons (Fsp3) is 0.320. The van der Waals surface area contributed by atoms with Crippen LogP contribution in [0.5, 0.6) is 5.75 Å². The Hall–Kier alpha value is -1.76. The van der Waals surface area contributed by atoms with Crippen LogP contribution in [-0.2, 0) is 21.7 Å². The number of phenolic OH excluding ortho intramolecular Hbond substituents is 1. The van der Waals surface area contributed by atoms with E-state index in [0.717, 1.165) is 47.9 Å². The molecule has 31 heavy (non-hydrogen) atoms. The minimum absolute atomic E-state index is 0. The molecule has 0 aliphatic heterocycles. The monoisotopic (exact) mass is 471 g/mol. The van der Waals surface area contributed by atoms with Crippen LogP contribution < -0.4 is 0 Å². The summed E-state index contributed by atoms with van der Waals surface area (Å²) in [6.07, 6.45) is 1.70. The van der Waals surface area contributed by atoms with E-state index in [2.05, 4.69) is 15.6 Å². The summed E-state index contributed by atoms with van der Waals surface area (Å²) in [4.78, 5) is 5.43. The maximum Gasteiger partial charge on any atom is 2.00 e. The van der Waals surface area contributed by atoms with Crippen LogP contribution in [0.3, 0.4) is 0 Å². The van der Waals surface area contributed by atoms with E-state index in [4.69, 9.17) is 0 Å². The molecule has 0 spiro atoms. The molecule has 0 bridgehead atoms. The van der Waals surface area contributed by atoms with Crippen LogP contribution in [0.2, 0.25) is 0 Å². The van der Waals surface area contributed by atoms with Gasteiger partial charge in [-0.15, -0.1) is 11.3 Å². The summed E-state index contributed by atoms with van der Waals surface area (Å²) in [5, 5.41) is 20.3. The van der Waals surface area contributed by atoms with Gasteiger partial charge in [-0.3, -0.25) is 4.99 Å². The molecule has 164 valence electrons. The molecule has 0 atom stereocenters. The molecule has 1 aromatic heterocycles. The zero-order valence-electron chi connectivity index (χ0n) is 19.0. The summed E-state index contributed by atoms with van der Waals surface area (Å²) >= 11 is 1.61. The molecule has 3 aromatic rings. The molecule has 0 radical (unpaired) electrons. The van der Waals surface area contributed by atoms with E-state index in [1.165, 1.54) is 0 Å². The molecular formula is C25H33N3OSTi. The third kappa shape index (κ3) is 12.0. The van der Waals surface area contributed by atoms with Crippen molar-refractivity contribution in [3.63, 3.8) is 0 Å². The minimum atomic E-state index is 0. The number of hydrogen-bond acceptors (Lipinski definition) is 3. The first-order chi connectivity index (χ1) is 14.7. The zero-order valence-corrected chi connectivity index (χ0v) is 21.3. The number of rotatable bonds is 7. The molecule has 0 fully saturated rings. The fourth-order valence-electron chi connectivity index (χ4n) is 2.40. The molecule has 0 aliphatic carbocycles. The normalized spacial score (nSPS) is 9.81. The van der Waals surface area contributed by atoms with Crippen LogP contribution in [0, 0.1) is 0 Å². The molecule has 0 saturated heterocycles. The average molecular weight is 471 g/mol. The van der Waals surface area contributed by atoms with Gasteiger partial charge in [0.2, 0.25) is 0 Å². The molecule has 6 heteroatoms. The Kier molecular flexibility index (Phi) is 17.9. The van der Waals surface area contributed by atoms with Gasteiger partial charge in [-0.2, -0.15) is 26.2 Å². The Morgan fingerprint density at radius 3 is 1.90 bits per heavy atom. The van der Waals surface area contributed by atoms with Crippen molar-refractivity contribution in [2.24, 2.45) is 4.99 Å². The smallest absolute Gasteiger partial charge is 0.663 e. The summed E-state index contributed by atoms with van der Waals surface area (Å²) in [6.45, 7) is 12.1. The van der Waals surface area contributed by atoms with Gasteiger partial charge in [0.05, 0.1) is 5.69 Å². The number of nitrogens with zero attached hydrogens (tertiary/aromatic N) is 3. The Balaban J connectivity index is 0.000000692. The van der Waals surface area contributed by atoms with Crippen LogP contribution >= 0.6 is 11.3 Å². The number of phenols is 1. The number of hydrogen-bond donors (Lipinski definition) is 1. The fourth-order valence-corrected chi connectivity index (χ4v) is 3.15. The number of thiophene rings is 1. The van der Waals surface area contributed by atoms with Crippen molar-refractivity contribution in [3.05, 3.63) is 82.2 Å². The van der Waals surface area contributed by atoms with E-state index < -0.39 is 0 Å². The van der Waals surface area contributed by atoms with Gasteiger partial charge < -0.3 is 15.7 Å². The Bertz CT molecular complexity index is 814. The third-order valence-corrected chi connectivity index (χ3v) is 4.76.